The summed E-state index contributed by atoms with van der Waals surface area (Å²) < 4.78 is 48.6. The molecule has 0 unspecified atom stereocenters. The Morgan fingerprint density at radius 1 is 1.00 bits per heavy atom. The predicted octanol–water partition coefficient (Wildman–Crippen LogP) is 2.62. The highest BCUT2D eigenvalue weighted by atomic mass is 32.2. The van der Waals surface area contributed by atoms with Gasteiger partial charge in [0.1, 0.15) is 11.6 Å². The zero-order chi connectivity index (χ0) is 15.6. The second-order valence-electron chi connectivity index (χ2n) is 4.41. The molecule has 0 fully saturated rings. The van der Waals surface area contributed by atoms with E-state index < -0.39 is 27.4 Å². The summed E-state index contributed by atoms with van der Waals surface area (Å²) in [7, 11) is -3.35. The molecule has 0 bridgehead atoms. The summed E-state index contributed by atoms with van der Waals surface area (Å²) in [5, 5.41) is 2.33. The Morgan fingerprint density at radius 3 is 2.00 bits per heavy atom. The lowest BCUT2D eigenvalue weighted by atomic mass is 10.2. The lowest BCUT2D eigenvalue weighted by Crippen LogP contribution is -2.12. The number of nitrogens with one attached hydrogen (secondary N) is 1. The van der Waals surface area contributed by atoms with E-state index >= 15 is 0 Å². The van der Waals surface area contributed by atoms with Crippen molar-refractivity contribution in [3.8, 4) is 0 Å². The Kier molecular flexibility index (Phi) is 4.04. The van der Waals surface area contributed by atoms with E-state index in [1.807, 2.05) is 0 Å². The molecule has 0 saturated carbocycles. The Hall–Kier alpha value is -2.28. The maximum Gasteiger partial charge on any atom is 0.255 e. The van der Waals surface area contributed by atoms with Gasteiger partial charge in [-0.1, -0.05) is 0 Å². The van der Waals surface area contributed by atoms with Gasteiger partial charge < -0.3 is 5.32 Å². The molecule has 2 aromatic rings. The van der Waals surface area contributed by atoms with Crippen molar-refractivity contribution < 1.29 is 22.0 Å². The Morgan fingerprint density at radius 2 is 1.52 bits per heavy atom. The largest absolute Gasteiger partial charge is 0.322 e. The first kappa shape index (κ1) is 15.1. The first-order valence-electron chi connectivity index (χ1n) is 5.83. The van der Waals surface area contributed by atoms with Crippen LogP contribution in [0.2, 0.25) is 0 Å². The molecule has 0 aliphatic carbocycles. The molecule has 7 heteroatoms. The maximum atomic E-state index is 13.0. The molecule has 0 aliphatic heterocycles. The van der Waals surface area contributed by atoms with Crippen LogP contribution in [0.15, 0.2) is 47.4 Å². The molecule has 0 spiro atoms. The normalized spacial score (nSPS) is 11.2. The maximum absolute atomic E-state index is 13.0. The predicted molar refractivity (Wildman–Crippen MR) is 73.9 cm³/mol. The molecule has 4 nitrogen and oxygen atoms in total. The number of carbonyl (C=O) groups is 1. The fourth-order valence-corrected chi connectivity index (χ4v) is 2.31. The zero-order valence-electron chi connectivity index (χ0n) is 10.9. The number of halogens is 2. The summed E-state index contributed by atoms with van der Waals surface area (Å²) in [6.07, 6.45) is 1.05. The summed E-state index contributed by atoms with van der Waals surface area (Å²) in [5.74, 6) is -2.21. The molecule has 0 aromatic heterocycles. The second kappa shape index (κ2) is 5.61. The third-order valence-electron chi connectivity index (χ3n) is 2.67. The van der Waals surface area contributed by atoms with Gasteiger partial charge in [-0.25, -0.2) is 17.2 Å². The van der Waals surface area contributed by atoms with E-state index in [9.17, 15) is 22.0 Å². The van der Waals surface area contributed by atoms with E-state index in [1.54, 1.807) is 0 Å². The summed E-state index contributed by atoms with van der Waals surface area (Å²) in [6.45, 7) is 0. The van der Waals surface area contributed by atoms with Crippen LogP contribution in [0.25, 0.3) is 0 Å². The molecule has 2 rings (SSSR count). The van der Waals surface area contributed by atoms with Crippen LogP contribution in [0.5, 0.6) is 0 Å². The molecule has 1 N–H and O–H groups in total. The van der Waals surface area contributed by atoms with Gasteiger partial charge in [0.25, 0.3) is 5.91 Å². The van der Waals surface area contributed by atoms with Crippen LogP contribution in [-0.2, 0) is 9.84 Å². The van der Waals surface area contributed by atoms with Crippen LogP contribution in [0.4, 0.5) is 14.5 Å². The van der Waals surface area contributed by atoms with E-state index in [1.165, 1.54) is 24.3 Å². The van der Waals surface area contributed by atoms with Gasteiger partial charge in [0.2, 0.25) is 0 Å². The molecular formula is C14H11F2NO3S. The zero-order valence-corrected chi connectivity index (χ0v) is 11.7. The van der Waals surface area contributed by atoms with Crippen LogP contribution in [0, 0.1) is 11.6 Å². The van der Waals surface area contributed by atoms with Crippen molar-refractivity contribution in [2.45, 2.75) is 4.90 Å². The molecule has 0 aliphatic rings. The van der Waals surface area contributed by atoms with E-state index in [0.717, 1.165) is 18.4 Å². The van der Waals surface area contributed by atoms with E-state index in [-0.39, 0.29) is 16.1 Å². The number of hydrogen-bond donors (Lipinski definition) is 1. The lowest BCUT2D eigenvalue weighted by molar-refractivity contribution is 0.102. The molecular weight excluding hydrogens is 300 g/mol. The van der Waals surface area contributed by atoms with E-state index in [2.05, 4.69) is 5.32 Å². The molecule has 110 valence electrons. The van der Waals surface area contributed by atoms with Crippen molar-refractivity contribution in [2.75, 3.05) is 11.6 Å². The Labute approximate surface area is 120 Å². The molecule has 2 aromatic carbocycles. The Bertz CT molecular complexity index is 766. The number of sulfone groups is 1. The molecule has 0 heterocycles. The SMILES string of the molecule is CS(=O)(=O)c1ccc(C(=O)Nc2cc(F)cc(F)c2)cc1. The molecule has 0 saturated heterocycles. The van der Waals surface area contributed by atoms with Gasteiger partial charge >= 0.3 is 0 Å². The van der Waals surface area contributed by atoms with Gasteiger partial charge in [0, 0.05) is 23.6 Å². The minimum absolute atomic E-state index is 0.0234. The minimum Gasteiger partial charge on any atom is -0.322 e. The first-order chi connectivity index (χ1) is 9.75. The fraction of sp³-hybridized carbons (Fsp3) is 0.0714. The molecule has 0 radical (unpaired) electrons. The smallest absolute Gasteiger partial charge is 0.255 e. The average Bonchev–Trinajstić information content (AvgIpc) is 2.36. The van der Waals surface area contributed by atoms with Crippen molar-refractivity contribution in [1.82, 2.24) is 0 Å². The second-order valence-corrected chi connectivity index (χ2v) is 6.42. The van der Waals surface area contributed by atoms with Crippen LogP contribution in [0.3, 0.4) is 0 Å². The van der Waals surface area contributed by atoms with Gasteiger partial charge in [0.05, 0.1) is 4.90 Å². The van der Waals surface area contributed by atoms with Crippen molar-refractivity contribution >= 4 is 21.4 Å². The number of amides is 1. The van der Waals surface area contributed by atoms with Gasteiger partial charge in [-0.15, -0.1) is 0 Å². The highest BCUT2D eigenvalue weighted by Crippen LogP contribution is 2.15. The van der Waals surface area contributed by atoms with Crippen LogP contribution in [0.1, 0.15) is 10.4 Å². The highest BCUT2D eigenvalue weighted by Gasteiger charge is 2.11. The minimum atomic E-state index is -3.35. The monoisotopic (exact) mass is 311 g/mol. The van der Waals surface area contributed by atoms with Crippen LogP contribution in [-0.4, -0.2) is 20.6 Å². The number of carbonyl (C=O) groups excluding carboxylic acids is 1. The Balaban J connectivity index is 2.20. The van der Waals surface area contributed by atoms with Gasteiger partial charge in [-0.2, -0.15) is 0 Å². The summed E-state index contributed by atoms with van der Waals surface area (Å²) in [5.41, 5.74) is 0.150. The number of rotatable bonds is 3. The number of hydrogen-bond acceptors (Lipinski definition) is 3. The van der Waals surface area contributed by atoms with Crippen LogP contribution >= 0.6 is 0 Å². The van der Waals surface area contributed by atoms with Crippen molar-refractivity contribution in [3.05, 3.63) is 59.7 Å². The first-order valence-corrected chi connectivity index (χ1v) is 7.72. The summed E-state index contributed by atoms with van der Waals surface area (Å²) >= 11 is 0. The average molecular weight is 311 g/mol. The molecule has 21 heavy (non-hydrogen) atoms. The van der Waals surface area contributed by atoms with Gasteiger partial charge in [0.15, 0.2) is 9.84 Å². The van der Waals surface area contributed by atoms with Crippen LogP contribution < -0.4 is 5.32 Å². The number of anilines is 1. The fourth-order valence-electron chi connectivity index (χ4n) is 1.68. The lowest BCUT2D eigenvalue weighted by Gasteiger charge is -2.06. The molecule has 0 atom stereocenters. The van der Waals surface area contributed by atoms with E-state index in [4.69, 9.17) is 0 Å². The highest BCUT2D eigenvalue weighted by molar-refractivity contribution is 7.90. The number of benzene rings is 2. The standard InChI is InChI=1S/C14H11F2NO3S/c1-21(19,20)13-4-2-9(3-5-13)14(18)17-12-7-10(15)6-11(16)8-12/h2-8H,1H3,(H,17,18). The van der Waals surface area contributed by atoms with Crippen molar-refractivity contribution in [1.29, 1.82) is 0 Å². The van der Waals surface area contributed by atoms with E-state index in [0.29, 0.717) is 6.07 Å². The quantitative estimate of drug-likeness (QED) is 0.948. The third kappa shape index (κ3) is 3.85. The molecule has 1 amide bonds. The third-order valence-corrected chi connectivity index (χ3v) is 3.79. The van der Waals surface area contributed by atoms with Crippen molar-refractivity contribution in [2.24, 2.45) is 0 Å². The summed E-state index contributed by atoms with van der Waals surface area (Å²) in [6, 6.07) is 7.86. The van der Waals surface area contributed by atoms with Gasteiger partial charge in [-0.05, 0) is 36.4 Å². The topological polar surface area (TPSA) is 63.2 Å². The van der Waals surface area contributed by atoms with Gasteiger partial charge in [-0.3, -0.25) is 4.79 Å². The van der Waals surface area contributed by atoms with Crippen molar-refractivity contribution in [3.63, 3.8) is 0 Å². The summed E-state index contributed by atoms with van der Waals surface area (Å²) in [4.78, 5) is 12.0.